The Morgan fingerprint density at radius 1 is 1.13 bits per heavy atom. The van der Waals surface area contributed by atoms with E-state index in [1.54, 1.807) is 17.0 Å². The molecule has 1 aromatic rings. The molecule has 9 nitrogen and oxygen atoms in total. The highest BCUT2D eigenvalue weighted by Gasteiger charge is 2.46. The van der Waals surface area contributed by atoms with E-state index in [-0.39, 0.29) is 30.1 Å². The Hall–Kier alpha value is -2.78. The predicted octanol–water partition coefficient (Wildman–Crippen LogP) is 0.815. The highest BCUT2D eigenvalue weighted by Crippen LogP contribution is 2.34. The number of anilines is 1. The van der Waals surface area contributed by atoms with Gasteiger partial charge in [0.1, 0.15) is 11.8 Å². The van der Waals surface area contributed by atoms with E-state index in [1.807, 2.05) is 0 Å². The van der Waals surface area contributed by atoms with Crippen LogP contribution >= 0.6 is 0 Å². The lowest BCUT2D eigenvalue weighted by atomic mass is 10.1. The lowest BCUT2D eigenvalue weighted by Crippen LogP contribution is -2.50. The molecule has 2 saturated heterocycles. The number of hydrogen-bond donors (Lipinski definition) is 0. The zero-order valence-corrected chi connectivity index (χ0v) is 17.6. The van der Waals surface area contributed by atoms with E-state index in [2.05, 4.69) is 4.90 Å². The second kappa shape index (κ2) is 9.15. The van der Waals surface area contributed by atoms with Gasteiger partial charge in [-0.05, 0) is 37.1 Å². The van der Waals surface area contributed by atoms with Crippen molar-refractivity contribution < 1.29 is 28.7 Å². The van der Waals surface area contributed by atoms with Crippen molar-refractivity contribution in [3.05, 3.63) is 24.3 Å². The minimum Gasteiger partial charge on any atom is -0.427 e. The van der Waals surface area contributed by atoms with Crippen LogP contribution in [0.1, 0.15) is 26.2 Å². The summed E-state index contributed by atoms with van der Waals surface area (Å²) in [7, 11) is 0. The Labute approximate surface area is 180 Å². The normalized spacial score (nSPS) is 22.0. The molecule has 9 heteroatoms. The first-order valence-electron chi connectivity index (χ1n) is 10.7. The molecule has 1 saturated carbocycles. The molecule has 3 fully saturated rings. The maximum Gasteiger partial charge on any atom is 0.308 e. The summed E-state index contributed by atoms with van der Waals surface area (Å²) in [6, 6.07) is 5.43. The standard InChI is InChI=1S/C22H27N3O6/c1-15(26)31-18-6-4-17(5-7-18)25-20(27)14-19(22(25)29)24(21(28)16-2-3-16)9-8-23-10-12-30-13-11-23/h4-7,16,19H,2-3,8-14H2,1H3. The summed E-state index contributed by atoms with van der Waals surface area (Å²) in [4.78, 5) is 54.9. The largest absolute Gasteiger partial charge is 0.427 e. The second-order valence-corrected chi connectivity index (χ2v) is 8.13. The highest BCUT2D eigenvalue weighted by molar-refractivity contribution is 6.23. The molecule has 1 aliphatic carbocycles. The summed E-state index contributed by atoms with van der Waals surface area (Å²) in [6.45, 7) is 5.28. The number of morpholine rings is 1. The smallest absolute Gasteiger partial charge is 0.308 e. The van der Waals surface area contributed by atoms with E-state index in [4.69, 9.17) is 9.47 Å². The SMILES string of the molecule is CC(=O)Oc1ccc(N2C(=O)CC(N(CCN3CCOCC3)C(=O)C3CC3)C2=O)cc1. The Bertz CT molecular complexity index is 861. The fourth-order valence-electron chi connectivity index (χ4n) is 4.02. The van der Waals surface area contributed by atoms with E-state index in [1.165, 1.54) is 19.1 Å². The summed E-state index contributed by atoms with van der Waals surface area (Å²) in [6.07, 6.45) is 1.65. The molecule has 3 aliphatic rings. The third kappa shape index (κ3) is 4.94. The average molecular weight is 429 g/mol. The third-order valence-corrected chi connectivity index (χ3v) is 5.83. The van der Waals surface area contributed by atoms with Crippen LogP contribution in [0.25, 0.3) is 0 Å². The van der Waals surface area contributed by atoms with Crippen molar-refractivity contribution in [1.82, 2.24) is 9.80 Å². The van der Waals surface area contributed by atoms with Gasteiger partial charge in [-0.15, -0.1) is 0 Å². The molecule has 166 valence electrons. The van der Waals surface area contributed by atoms with Crippen LogP contribution in [-0.2, 0) is 23.9 Å². The van der Waals surface area contributed by atoms with Gasteiger partial charge >= 0.3 is 5.97 Å². The summed E-state index contributed by atoms with van der Waals surface area (Å²) >= 11 is 0. The van der Waals surface area contributed by atoms with Gasteiger partial charge in [-0.3, -0.25) is 24.1 Å². The van der Waals surface area contributed by atoms with Gasteiger partial charge in [-0.2, -0.15) is 0 Å². The Morgan fingerprint density at radius 3 is 2.42 bits per heavy atom. The molecular weight excluding hydrogens is 402 g/mol. The van der Waals surface area contributed by atoms with E-state index < -0.39 is 12.0 Å². The van der Waals surface area contributed by atoms with Crippen molar-refractivity contribution in [2.45, 2.75) is 32.2 Å². The maximum absolute atomic E-state index is 13.2. The third-order valence-electron chi connectivity index (χ3n) is 5.83. The van der Waals surface area contributed by atoms with Crippen LogP contribution in [0.15, 0.2) is 24.3 Å². The van der Waals surface area contributed by atoms with Crippen molar-refractivity contribution in [2.24, 2.45) is 5.92 Å². The molecule has 2 heterocycles. The van der Waals surface area contributed by atoms with Crippen LogP contribution in [0.4, 0.5) is 5.69 Å². The monoisotopic (exact) mass is 429 g/mol. The molecule has 3 amide bonds. The summed E-state index contributed by atoms with van der Waals surface area (Å²) in [5, 5.41) is 0. The van der Waals surface area contributed by atoms with Crippen molar-refractivity contribution in [3.63, 3.8) is 0 Å². The number of hydrogen-bond acceptors (Lipinski definition) is 7. The Balaban J connectivity index is 1.48. The first-order chi connectivity index (χ1) is 14.9. The Morgan fingerprint density at radius 2 is 1.81 bits per heavy atom. The van der Waals surface area contributed by atoms with Crippen LogP contribution in [0.5, 0.6) is 5.75 Å². The van der Waals surface area contributed by atoms with E-state index in [0.29, 0.717) is 37.7 Å². The van der Waals surface area contributed by atoms with Crippen molar-refractivity contribution in [1.29, 1.82) is 0 Å². The molecule has 0 N–H and O–H groups in total. The van der Waals surface area contributed by atoms with Crippen molar-refractivity contribution in [3.8, 4) is 5.75 Å². The molecule has 0 aromatic heterocycles. The zero-order chi connectivity index (χ0) is 22.0. The molecule has 0 bridgehead atoms. The number of benzene rings is 1. The lowest BCUT2D eigenvalue weighted by Gasteiger charge is -2.32. The van der Waals surface area contributed by atoms with Gasteiger partial charge in [0.05, 0.1) is 25.3 Å². The molecule has 1 atom stereocenters. The number of carbonyl (C=O) groups excluding carboxylic acids is 4. The molecule has 0 radical (unpaired) electrons. The van der Waals surface area contributed by atoms with Gasteiger partial charge in [0.25, 0.3) is 5.91 Å². The average Bonchev–Trinajstić information content (AvgIpc) is 3.56. The number of imide groups is 1. The second-order valence-electron chi connectivity index (χ2n) is 8.13. The molecule has 31 heavy (non-hydrogen) atoms. The van der Waals surface area contributed by atoms with Crippen LogP contribution in [-0.4, -0.2) is 78.9 Å². The van der Waals surface area contributed by atoms with Crippen molar-refractivity contribution in [2.75, 3.05) is 44.3 Å². The first kappa shape index (κ1) is 21.5. The number of ether oxygens (including phenoxy) is 2. The van der Waals surface area contributed by atoms with Crippen LogP contribution in [0, 0.1) is 5.92 Å². The number of nitrogens with zero attached hydrogens (tertiary/aromatic N) is 3. The van der Waals surface area contributed by atoms with Gasteiger partial charge in [-0.25, -0.2) is 4.90 Å². The van der Waals surface area contributed by atoms with E-state index >= 15 is 0 Å². The van der Waals surface area contributed by atoms with Gasteiger partial charge in [-0.1, -0.05) is 0 Å². The minimum absolute atomic E-state index is 0.0217. The quantitative estimate of drug-likeness (QED) is 0.360. The molecular formula is C22H27N3O6. The van der Waals surface area contributed by atoms with Crippen LogP contribution < -0.4 is 9.64 Å². The zero-order valence-electron chi connectivity index (χ0n) is 17.6. The van der Waals surface area contributed by atoms with Gasteiger partial charge < -0.3 is 14.4 Å². The fourth-order valence-corrected chi connectivity index (χ4v) is 4.02. The van der Waals surface area contributed by atoms with Crippen LogP contribution in [0.3, 0.4) is 0 Å². The summed E-state index contributed by atoms with van der Waals surface area (Å²) in [5.74, 6) is -0.911. The summed E-state index contributed by atoms with van der Waals surface area (Å²) in [5.41, 5.74) is 0.403. The molecule has 4 rings (SSSR count). The number of rotatable bonds is 7. The van der Waals surface area contributed by atoms with E-state index in [0.717, 1.165) is 30.8 Å². The highest BCUT2D eigenvalue weighted by atomic mass is 16.5. The Kier molecular flexibility index (Phi) is 6.33. The summed E-state index contributed by atoms with van der Waals surface area (Å²) < 4.78 is 10.4. The van der Waals surface area contributed by atoms with E-state index in [9.17, 15) is 19.2 Å². The molecule has 1 aromatic carbocycles. The van der Waals surface area contributed by atoms with Gasteiger partial charge in [0.2, 0.25) is 11.8 Å². The van der Waals surface area contributed by atoms with Gasteiger partial charge in [0.15, 0.2) is 0 Å². The predicted molar refractivity (Wildman–Crippen MR) is 110 cm³/mol. The number of carbonyl (C=O) groups is 4. The molecule has 0 spiro atoms. The first-order valence-corrected chi connectivity index (χ1v) is 10.7. The lowest BCUT2D eigenvalue weighted by molar-refractivity contribution is -0.139. The fraction of sp³-hybridized carbons (Fsp3) is 0.545. The topological polar surface area (TPSA) is 96.5 Å². The van der Waals surface area contributed by atoms with Gasteiger partial charge in [0, 0.05) is 39.0 Å². The number of amides is 3. The van der Waals surface area contributed by atoms with Crippen LogP contribution in [0.2, 0.25) is 0 Å². The maximum atomic E-state index is 13.2. The number of esters is 1. The molecule has 2 aliphatic heterocycles. The molecule has 1 unspecified atom stereocenters. The minimum atomic E-state index is -0.783. The van der Waals surface area contributed by atoms with Crippen molar-refractivity contribution >= 4 is 29.4 Å².